The van der Waals surface area contributed by atoms with Gasteiger partial charge in [0.05, 0.1) is 0 Å². The number of nitrogens with one attached hydrogen (secondary N) is 1. The van der Waals surface area contributed by atoms with Crippen LogP contribution in [-0.4, -0.2) is 12.6 Å². The molecule has 0 radical (unpaired) electrons. The Morgan fingerprint density at radius 2 is 1.85 bits per heavy atom. The number of hydrogen-bond donors (Lipinski definition) is 1. The Labute approximate surface area is 210 Å². The Bertz CT molecular complexity index is 878. The van der Waals surface area contributed by atoms with Crippen molar-refractivity contribution in [1.29, 1.82) is 0 Å². The van der Waals surface area contributed by atoms with Gasteiger partial charge in [0, 0.05) is 6.04 Å². The van der Waals surface area contributed by atoms with Gasteiger partial charge in [0.2, 0.25) is 0 Å². The molecule has 5 rings (SSSR count). The maximum Gasteiger partial charge on any atom is 0.00704 e. The fraction of sp³-hybridized carbons (Fsp3) is 0.576. The van der Waals surface area contributed by atoms with Gasteiger partial charge < -0.3 is 5.32 Å². The maximum atomic E-state index is 3.88. The summed E-state index contributed by atoms with van der Waals surface area (Å²) in [5.41, 5.74) is 9.37. The zero-order valence-electron chi connectivity index (χ0n) is 22.5. The van der Waals surface area contributed by atoms with Gasteiger partial charge in [-0.25, -0.2) is 0 Å². The van der Waals surface area contributed by atoms with E-state index in [0.717, 1.165) is 18.3 Å². The van der Waals surface area contributed by atoms with Crippen molar-refractivity contribution in [2.75, 3.05) is 6.54 Å². The molecule has 4 aliphatic rings. The van der Waals surface area contributed by atoms with E-state index in [9.17, 15) is 0 Å². The van der Waals surface area contributed by atoms with Crippen LogP contribution in [-0.2, 0) is 6.42 Å². The van der Waals surface area contributed by atoms with Crippen molar-refractivity contribution >= 4 is 5.57 Å². The van der Waals surface area contributed by atoms with E-state index in [1.165, 1.54) is 76.3 Å². The molecule has 0 spiro atoms. The van der Waals surface area contributed by atoms with Gasteiger partial charge in [0.15, 0.2) is 0 Å². The summed E-state index contributed by atoms with van der Waals surface area (Å²) in [6, 6.07) is 9.74. The molecule has 1 aromatic carbocycles. The predicted octanol–water partition coefficient (Wildman–Crippen LogP) is 9.22. The van der Waals surface area contributed by atoms with Crippen molar-refractivity contribution in [3.63, 3.8) is 0 Å². The summed E-state index contributed by atoms with van der Waals surface area (Å²) in [5.74, 6) is 1.78. The van der Waals surface area contributed by atoms with Crippen molar-refractivity contribution in [1.82, 2.24) is 5.32 Å². The van der Waals surface area contributed by atoms with E-state index in [2.05, 4.69) is 75.2 Å². The van der Waals surface area contributed by atoms with E-state index >= 15 is 0 Å². The lowest BCUT2D eigenvalue weighted by molar-refractivity contribution is 0.329. The van der Waals surface area contributed by atoms with Crippen LogP contribution in [0, 0.1) is 11.8 Å². The summed E-state index contributed by atoms with van der Waals surface area (Å²) in [6.45, 7) is 13.7. The summed E-state index contributed by atoms with van der Waals surface area (Å²) in [5, 5.41) is 3.88. The average molecular weight is 460 g/mol. The first-order valence-corrected chi connectivity index (χ1v) is 14.0. The van der Waals surface area contributed by atoms with Crippen LogP contribution < -0.4 is 5.32 Å². The zero-order valence-corrected chi connectivity index (χ0v) is 22.5. The molecule has 2 atom stereocenters. The van der Waals surface area contributed by atoms with Crippen LogP contribution in [0.4, 0.5) is 0 Å². The normalized spacial score (nSPS) is 21.6. The lowest BCUT2D eigenvalue weighted by atomic mass is 9.80. The van der Waals surface area contributed by atoms with E-state index in [1.54, 1.807) is 27.8 Å². The highest BCUT2D eigenvalue weighted by atomic mass is 14.9. The van der Waals surface area contributed by atoms with Gasteiger partial charge in [-0.3, -0.25) is 0 Å². The quantitative estimate of drug-likeness (QED) is 0.418. The molecule has 0 saturated heterocycles. The highest BCUT2D eigenvalue weighted by Crippen LogP contribution is 2.44. The van der Waals surface area contributed by atoms with Crippen LogP contribution in [0.5, 0.6) is 0 Å². The third-order valence-corrected chi connectivity index (χ3v) is 8.27. The molecule has 186 valence electrons. The van der Waals surface area contributed by atoms with Crippen LogP contribution in [0.15, 0.2) is 65.8 Å². The first-order valence-electron chi connectivity index (χ1n) is 14.0. The maximum absolute atomic E-state index is 3.88. The second-order valence-electron chi connectivity index (χ2n) is 10.9. The summed E-state index contributed by atoms with van der Waals surface area (Å²) in [4.78, 5) is 0. The zero-order chi connectivity index (χ0) is 24.3. The first-order chi connectivity index (χ1) is 16.5. The van der Waals surface area contributed by atoms with Crippen LogP contribution in [0.25, 0.3) is 5.57 Å². The Balaban J connectivity index is 0.000000223. The molecule has 1 N–H and O–H groups in total. The Hall–Kier alpha value is -1.86. The molecule has 1 saturated carbocycles. The molecule has 0 aromatic heterocycles. The van der Waals surface area contributed by atoms with Crippen molar-refractivity contribution in [3.8, 4) is 0 Å². The minimum absolute atomic E-state index is 0.669. The molecule has 0 heterocycles. The fourth-order valence-electron chi connectivity index (χ4n) is 5.63. The molecule has 2 unspecified atom stereocenters. The summed E-state index contributed by atoms with van der Waals surface area (Å²) in [7, 11) is 0. The molecule has 0 aliphatic heterocycles. The van der Waals surface area contributed by atoms with Gasteiger partial charge in [0.1, 0.15) is 0 Å². The topological polar surface area (TPSA) is 12.0 Å². The van der Waals surface area contributed by atoms with Crippen LogP contribution in [0.2, 0.25) is 0 Å². The number of hydrogen-bond acceptors (Lipinski definition) is 1. The van der Waals surface area contributed by atoms with Crippen molar-refractivity contribution in [2.45, 2.75) is 104 Å². The molecule has 0 amide bonds. The van der Waals surface area contributed by atoms with Gasteiger partial charge in [-0.2, -0.15) is 0 Å². The highest BCUT2D eigenvalue weighted by molar-refractivity contribution is 5.77. The van der Waals surface area contributed by atoms with Crippen molar-refractivity contribution < 1.29 is 0 Å². The monoisotopic (exact) mass is 459 g/mol. The molecule has 4 aliphatic carbocycles. The van der Waals surface area contributed by atoms with E-state index in [4.69, 9.17) is 0 Å². The van der Waals surface area contributed by atoms with Gasteiger partial charge in [-0.1, -0.05) is 85.9 Å². The molecule has 34 heavy (non-hydrogen) atoms. The van der Waals surface area contributed by atoms with Gasteiger partial charge in [-0.05, 0) is 107 Å². The summed E-state index contributed by atoms with van der Waals surface area (Å²) >= 11 is 0. The molecule has 1 heteroatoms. The van der Waals surface area contributed by atoms with Crippen LogP contribution in [0.3, 0.4) is 0 Å². The fourth-order valence-corrected chi connectivity index (χ4v) is 5.63. The van der Waals surface area contributed by atoms with E-state index in [1.807, 2.05) is 6.92 Å². The third-order valence-electron chi connectivity index (χ3n) is 8.27. The standard InChI is InChI=1S/C21H29N.C7H10.C5H10/c1-15(22-14-16-6-2-3-7-16)17-10-11-19-12-18-8-4-5-9-20(18)21(19)13-17;1-2-7-5-3-4-6-7;1-4-5(2)3/h4-5,8-9,15-17,22H,2-3,6-7,10-14H2,1H3;3-5H,2,6H2,1H3;2,4H2,1,3H3. The Morgan fingerprint density at radius 3 is 2.47 bits per heavy atom. The van der Waals surface area contributed by atoms with E-state index in [0.29, 0.717) is 6.04 Å². The third kappa shape index (κ3) is 7.84. The van der Waals surface area contributed by atoms with Gasteiger partial charge in [0.25, 0.3) is 0 Å². The first kappa shape index (κ1) is 26.7. The average Bonchev–Trinajstić information content (AvgIpc) is 3.64. The SMILES string of the molecule is C=C(C)CC.CC(NCC1CCCC1)C1CCC2=C(C1)c1ccccc1C2.CCC1=CC=CC1. The highest BCUT2D eigenvalue weighted by Gasteiger charge is 2.30. The van der Waals surface area contributed by atoms with Gasteiger partial charge >= 0.3 is 0 Å². The summed E-state index contributed by atoms with van der Waals surface area (Å²) < 4.78 is 0. The molecule has 1 fully saturated rings. The van der Waals surface area contributed by atoms with E-state index in [-0.39, 0.29) is 0 Å². The van der Waals surface area contributed by atoms with Crippen molar-refractivity contribution in [2.24, 2.45) is 11.8 Å². The summed E-state index contributed by atoms with van der Waals surface area (Å²) in [6.07, 6.45) is 21.1. The molecule has 0 bridgehead atoms. The Kier molecular flexibility index (Phi) is 10.9. The predicted molar refractivity (Wildman–Crippen MR) is 151 cm³/mol. The second kappa shape index (κ2) is 13.9. The van der Waals surface area contributed by atoms with Crippen LogP contribution >= 0.6 is 0 Å². The van der Waals surface area contributed by atoms with Crippen molar-refractivity contribution in [3.05, 3.63) is 76.9 Å². The molecular weight excluding hydrogens is 410 g/mol. The van der Waals surface area contributed by atoms with E-state index < -0.39 is 0 Å². The smallest absolute Gasteiger partial charge is 0.00704 e. The molecule has 1 nitrogen and oxygen atoms in total. The number of allylic oxidation sites excluding steroid dienone is 7. The molecular formula is C33H49N. The number of fused-ring (bicyclic) bond motifs is 2. The minimum Gasteiger partial charge on any atom is -0.314 e. The lowest BCUT2D eigenvalue weighted by Gasteiger charge is -2.31. The molecule has 1 aromatic rings. The minimum atomic E-state index is 0.669. The second-order valence-corrected chi connectivity index (χ2v) is 10.9. The Morgan fingerprint density at radius 1 is 1.12 bits per heavy atom. The lowest BCUT2D eigenvalue weighted by Crippen LogP contribution is -2.37. The number of rotatable bonds is 6. The number of benzene rings is 1. The van der Waals surface area contributed by atoms with Crippen LogP contribution in [0.1, 0.15) is 103 Å². The van der Waals surface area contributed by atoms with Gasteiger partial charge in [-0.15, -0.1) is 6.58 Å². The largest absolute Gasteiger partial charge is 0.314 e.